The van der Waals surface area contributed by atoms with Gasteiger partial charge in [-0.15, -0.1) is 6.42 Å². The Bertz CT molecular complexity index is 449. The highest BCUT2D eigenvalue weighted by Crippen LogP contribution is 2.11. The van der Waals surface area contributed by atoms with E-state index in [1.54, 1.807) is 7.05 Å². The summed E-state index contributed by atoms with van der Waals surface area (Å²) in [5.74, 6) is 2.56. The third-order valence-electron chi connectivity index (χ3n) is 2.25. The number of benzene rings is 1. The van der Waals surface area contributed by atoms with Gasteiger partial charge in [0.05, 0.1) is 0 Å². The van der Waals surface area contributed by atoms with Crippen molar-refractivity contribution in [3.05, 3.63) is 35.4 Å². The average Bonchev–Trinajstić information content (AvgIpc) is 2.27. The van der Waals surface area contributed by atoms with Crippen LogP contribution >= 0.6 is 0 Å². The third kappa shape index (κ3) is 4.50. The van der Waals surface area contributed by atoms with Gasteiger partial charge >= 0.3 is 6.09 Å². The Balaban J connectivity index is 2.61. The van der Waals surface area contributed by atoms with Crippen molar-refractivity contribution in [2.75, 3.05) is 7.05 Å². The maximum Gasteiger partial charge on any atom is 0.410 e. The van der Waals surface area contributed by atoms with Crippen LogP contribution in [-0.4, -0.2) is 23.6 Å². The number of amides is 1. The van der Waals surface area contributed by atoms with Gasteiger partial charge < -0.3 is 9.64 Å². The van der Waals surface area contributed by atoms with Crippen LogP contribution in [-0.2, 0) is 11.3 Å². The van der Waals surface area contributed by atoms with E-state index < -0.39 is 5.60 Å². The summed E-state index contributed by atoms with van der Waals surface area (Å²) in [7, 11) is 1.71. The van der Waals surface area contributed by atoms with E-state index >= 15 is 0 Å². The first kappa shape index (κ1) is 14.1. The Kier molecular flexibility index (Phi) is 4.38. The largest absolute Gasteiger partial charge is 0.444 e. The SMILES string of the molecule is C#Cc1ccc(CN(C)C(=O)OC(C)(C)C)cc1. The topological polar surface area (TPSA) is 29.5 Å². The number of carbonyl (C=O) groups is 1. The Morgan fingerprint density at radius 3 is 2.33 bits per heavy atom. The summed E-state index contributed by atoms with van der Waals surface area (Å²) in [5, 5.41) is 0. The smallest absolute Gasteiger partial charge is 0.410 e. The molecule has 0 aliphatic rings. The predicted octanol–water partition coefficient (Wildman–Crippen LogP) is 3.03. The summed E-state index contributed by atoms with van der Waals surface area (Å²) in [6, 6.07) is 7.54. The number of terminal acetylenes is 1. The minimum Gasteiger partial charge on any atom is -0.444 e. The van der Waals surface area contributed by atoms with Crippen LogP contribution < -0.4 is 0 Å². The quantitative estimate of drug-likeness (QED) is 0.749. The summed E-state index contributed by atoms with van der Waals surface area (Å²) in [6.45, 7) is 6.04. The van der Waals surface area contributed by atoms with Gasteiger partial charge in [0.1, 0.15) is 5.60 Å². The van der Waals surface area contributed by atoms with E-state index in [-0.39, 0.29) is 6.09 Å². The van der Waals surface area contributed by atoms with Crippen molar-refractivity contribution < 1.29 is 9.53 Å². The van der Waals surface area contributed by atoms with Crippen molar-refractivity contribution in [2.24, 2.45) is 0 Å². The lowest BCUT2D eigenvalue weighted by Crippen LogP contribution is -2.33. The fraction of sp³-hybridized carbons (Fsp3) is 0.400. The zero-order chi connectivity index (χ0) is 13.8. The molecule has 0 N–H and O–H groups in total. The van der Waals surface area contributed by atoms with E-state index in [2.05, 4.69) is 5.92 Å². The van der Waals surface area contributed by atoms with Crippen LogP contribution in [0.1, 0.15) is 31.9 Å². The zero-order valence-corrected chi connectivity index (χ0v) is 11.4. The summed E-state index contributed by atoms with van der Waals surface area (Å²) in [4.78, 5) is 13.3. The van der Waals surface area contributed by atoms with Gasteiger partial charge in [-0.2, -0.15) is 0 Å². The molecule has 0 saturated carbocycles. The number of rotatable bonds is 2. The van der Waals surface area contributed by atoms with Gasteiger partial charge in [0.15, 0.2) is 0 Å². The number of hydrogen-bond acceptors (Lipinski definition) is 2. The maximum atomic E-state index is 11.8. The molecule has 1 aromatic carbocycles. The first-order chi connectivity index (χ1) is 8.31. The molecule has 1 rings (SSSR count). The van der Waals surface area contributed by atoms with Crippen LogP contribution in [0.25, 0.3) is 0 Å². The van der Waals surface area contributed by atoms with Gasteiger partial charge in [-0.25, -0.2) is 4.79 Å². The number of ether oxygens (including phenoxy) is 1. The molecule has 0 bridgehead atoms. The van der Waals surface area contributed by atoms with Crippen molar-refractivity contribution in [1.29, 1.82) is 0 Å². The van der Waals surface area contributed by atoms with Gasteiger partial charge in [0, 0.05) is 19.2 Å². The predicted molar refractivity (Wildman–Crippen MR) is 72.1 cm³/mol. The first-order valence-electron chi connectivity index (χ1n) is 5.81. The van der Waals surface area contributed by atoms with Crippen molar-refractivity contribution in [2.45, 2.75) is 32.9 Å². The third-order valence-corrected chi connectivity index (χ3v) is 2.25. The highest BCUT2D eigenvalue weighted by molar-refractivity contribution is 5.67. The second-order valence-corrected chi connectivity index (χ2v) is 5.18. The Morgan fingerprint density at radius 1 is 1.33 bits per heavy atom. The summed E-state index contributed by atoms with van der Waals surface area (Å²) in [5.41, 5.74) is 1.37. The van der Waals surface area contributed by atoms with E-state index in [9.17, 15) is 4.79 Å². The lowest BCUT2D eigenvalue weighted by molar-refractivity contribution is 0.0285. The van der Waals surface area contributed by atoms with Gasteiger partial charge in [-0.3, -0.25) is 0 Å². The minimum absolute atomic E-state index is 0.330. The Labute approximate surface area is 109 Å². The van der Waals surface area contributed by atoms with E-state index in [1.807, 2.05) is 45.0 Å². The normalized spacial score (nSPS) is 10.6. The molecule has 1 aromatic rings. The average molecular weight is 245 g/mol. The zero-order valence-electron chi connectivity index (χ0n) is 11.4. The van der Waals surface area contributed by atoms with E-state index in [1.165, 1.54) is 4.90 Å². The van der Waals surface area contributed by atoms with Gasteiger partial charge in [0.2, 0.25) is 0 Å². The van der Waals surface area contributed by atoms with E-state index in [4.69, 9.17) is 11.2 Å². The second kappa shape index (κ2) is 5.59. The lowest BCUT2D eigenvalue weighted by atomic mass is 10.1. The number of carbonyl (C=O) groups excluding carboxylic acids is 1. The number of nitrogens with zero attached hydrogens (tertiary/aromatic N) is 1. The van der Waals surface area contributed by atoms with Crippen LogP contribution in [0.3, 0.4) is 0 Å². The molecule has 3 heteroatoms. The molecule has 3 nitrogen and oxygen atoms in total. The minimum atomic E-state index is -0.474. The molecule has 0 fully saturated rings. The molecular formula is C15H19NO2. The number of hydrogen-bond donors (Lipinski definition) is 0. The summed E-state index contributed by atoms with van der Waals surface area (Å²) < 4.78 is 5.27. The molecule has 96 valence electrons. The molecule has 0 aromatic heterocycles. The molecular weight excluding hydrogens is 226 g/mol. The van der Waals surface area contributed by atoms with Crippen LogP contribution in [0.5, 0.6) is 0 Å². The molecule has 18 heavy (non-hydrogen) atoms. The summed E-state index contributed by atoms with van der Waals surface area (Å²) in [6.07, 6.45) is 4.95. The first-order valence-corrected chi connectivity index (χ1v) is 5.81. The highest BCUT2D eigenvalue weighted by Gasteiger charge is 2.19. The Hall–Kier alpha value is -1.95. The van der Waals surface area contributed by atoms with Gasteiger partial charge in [0.25, 0.3) is 0 Å². The Morgan fingerprint density at radius 2 is 1.89 bits per heavy atom. The molecule has 0 heterocycles. The standard InChI is InChI=1S/C15H19NO2/c1-6-12-7-9-13(10-8-12)11-16(5)14(17)18-15(2,3)4/h1,7-10H,11H2,2-5H3. The van der Waals surface area contributed by atoms with Crippen molar-refractivity contribution in [3.63, 3.8) is 0 Å². The van der Waals surface area contributed by atoms with Crippen LogP contribution in [0, 0.1) is 12.3 Å². The molecule has 0 saturated heterocycles. The monoisotopic (exact) mass is 245 g/mol. The van der Waals surface area contributed by atoms with Gasteiger partial charge in [-0.1, -0.05) is 18.1 Å². The summed E-state index contributed by atoms with van der Waals surface area (Å²) >= 11 is 0. The fourth-order valence-corrected chi connectivity index (χ4v) is 1.38. The second-order valence-electron chi connectivity index (χ2n) is 5.18. The van der Waals surface area contributed by atoms with Crippen LogP contribution in [0.4, 0.5) is 4.79 Å². The van der Waals surface area contributed by atoms with Gasteiger partial charge in [-0.05, 0) is 38.5 Å². The molecule has 0 aliphatic heterocycles. The molecule has 0 spiro atoms. The molecule has 0 aliphatic carbocycles. The highest BCUT2D eigenvalue weighted by atomic mass is 16.6. The molecule has 0 atom stereocenters. The van der Waals surface area contributed by atoms with Crippen molar-refractivity contribution >= 4 is 6.09 Å². The van der Waals surface area contributed by atoms with Crippen molar-refractivity contribution in [1.82, 2.24) is 4.90 Å². The molecule has 0 unspecified atom stereocenters. The lowest BCUT2D eigenvalue weighted by Gasteiger charge is -2.24. The van der Waals surface area contributed by atoms with Crippen LogP contribution in [0.15, 0.2) is 24.3 Å². The maximum absolute atomic E-state index is 11.8. The van der Waals surface area contributed by atoms with Crippen LogP contribution in [0.2, 0.25) is 0 Å². The van der Waals surface area contributed by atoms with E-state index in [0.717, 1.165) is 11.1 Å². The fourth-order valence-electron chi connectivity index (χ4n) is 1.38. The van der Waals surface area contributed by atoms with E-state index in [0.29, 0.717) is 6.54 Å². The molecule has 1 amide bonds. The molecule has 0 radical (unpaired) electrons. The van der Waals surface area contributed by atoms with Crippen molar-refractivity contribution in [3.8, 4) is 12.3 Å².